The van der Waals surface area contributed by atoms with Gasteiger partial charge < -0.3 is 10.3 Å². The summed E-state index contributed by atoms with van der Waals surface area (Å²) in [5, 5.41) is 4.78. The second-order valence-electron chi connectivity index (χ2n) is 4.68. The molecule has 0 aliphatic carbocycles. The number of piperidine rings is 1. The van der Waals surface area contributed by atoms with Gasteiger partial charge in [0.15, 0.2) is 0 Å². The molecule has 3 heterocycles. The summed E-state index contributed by atoms with van der Waals surface area (Å²) in [5.41, 5.74) is 3.51. The molecule has 1 unspecified atom stereocenters. The molecule has 0 saturated carbocycles. The number of H-pyrrole nitrogens is 1. The number of aryl methyl sites for hydroxylation is 1. The van der Waals surface area contributed by atoms with Crippen LogP contribution >= 0.6 is 24.8 Å². The molecule has 100 valence electrons. The first-order valence-electron chi connectivity index (χ1n) is 6.01. The predicted octanol–water partition coefficient (Wildman–Crippen LogP) is 3.53. The van der Waals surface area contributed by atoms with Crippen LogP contribution in [-0.2, 0) is 0 Å². The third-order valence-electron chi connectivity index (χ3n) is 3.31. The molecule has 2 N–H and O–H groups in total. The first kappa shape index (κ1) is 15.3. The summed E-state index contributed by atoms with van der Waals surface area (Å²) in [6, 6.07) is 4.91. The summed E-state index contributed by atoms with van der Waals surface area (Å²) in [5.74, 6) is 0. The highest BCUT2D eigenvalue weighted by Gasteiger charge is 2.16. The van der Waals surface area contributed by atoms with Gasteiger partial charge in [0, 0.05) is 23.3 Å². The number of fused-ring (bicyclic) bond motifs is 1. The van der Waals surface area contributed by atoms with Gasteiger partial charge in [0.05, 0.1) is 0 Å². The van der Waals surface area contributed by atoms with E-state index in [1.54, 1.807) is 0 Å². The fourth-order valence-corrected chi connectivity index (χ4v) is 2.45. The van der Waals surface area contributed by atoms with Crippen molar-refractivity contribution < 1.29 is 0 Å². The van der Waals surface area contributed by atoms with Crippen molar-refractivity contribution in [1.82, 2.24) is 15.3 Å². The number of pyridine rings is 1. The zero-order chi connectivity index (χ0) is 11.0. The first-order chi connectivity index (χ1) is 7.83. The van der Waals surface area contributed by atoms with Crippen LogP contribution in [0.4, 0.5) is 0 Å². The molecular formula is C13H19Cl2N3. The lowest BCUT2D eigenvalue weighted by molar-refractivity contribution is 0.407. The van der Waals surface area contributed by atoms with Crippen LogP contribution in [0.15, 0.2) is 18.3 Å². The van der Waals surface area contributed by atoms with Crippen molar-refractivity contribution in [2.75, 3.05) is 6.54 Å². The lowest BCUT2D eigenvalue weighted by Gasteiger charge is -2.22. The monoisotopic (exact) mass is 287 g/mol. The second kappa shape index (κ2) is 6.41. The van der Waals surface area contributed by atoms with Crippen LogP contribution in [0.25, 0.3) is 11.0 Å². The first-order valence-corrected chi connectivity index (χ1v) is 6.01. The molecular weight excluding hydrogens is 269 g/mol. The maximum atomic E-state index is 4.41. The van der Waals surface area contributed by atoms with Gasteiger partial charge in [-0.15, -0.1) is 24.8 Å². The summed E-state index contributed by atoms with van der Waals surface area (Å²) in [4.78, 5) is 7.83. The van der Waals surface area contributed by atoms with Crippen molar-refractivity contribution in [1.29, 1.82) is 0 Å². The maximum Gasteiger partial charge on any atom is 0.137 e. The Morgan fingerprint density at radius 1 is 1.22 bits per heavy atom. The molecule has 18 heavy (non-hydrogen) atoms. The molecule has 1 aliphatic rings. The van der Waals surface area contributed by atoms with Gasteiger partial charge in [-0.25, -0.2) is 4.98 Å². The number of nitrogens with zero attached hydrogens (tertiary/aromatic N) is 1. The minimum Gasteiger partial charge on any atom is -0.342 e. The van der Waals surface area contributed by atoms with Gasteiger partial charge in [0.25, 0.3) is 0 Å². The molecule has 0 amide bonds. The summed E-state index contributed by atoms with van der Waals surface area (Å²) in [6.45, 7) is 3.21. The Balaban J connectivity index is 0.000000810. The summed E-state index contributed by atoms with van der Waals surface area (Å²) in [6.07, 6.45) is 5.76. The summed E-state index contributed by atoms with van der Waals surface area (Å²) in [7, 11) is 0. The number of aromatic amines is 1. The highest BCUT2D eigenvalue weighted by molar-refractivity contribution is 5.85. The Bertz CT molecular complexity index is 504. The van der Waals surface area contributed by atoms with Crippen molar-refractivity contribution >= 4 is 35.8 Å². The molecule has 3 rings (SSSR count). The van der Waals surface area contributed by atoms with E-state index in [1.165, 1.54) is 35.9 Å². The van der Waals surface area contributed by atoms with E-state index in [9.17, 15) is 0 Å². The third kappa shape index (κ3) is 2.97. The number of hydrogen-bond donors (Lipinski definition) is 2. The van der Waals surface area contributed by atoms with Gasteiger partial charge in [-0.2, -0.15) is 0 Å². The highest BCUT2D eigenvalue weighted by Crippen LogP contribution is 2.25. The number of aromatic nitrogens is 2. The molecule has 1 fully saturated rings. The number of rotatable bonds is 1. The highest BCUT2D eigenvalue weighted by atomic mass is 35.5. The van der Waals surface area contributed by atoms with Gasteiger partial charge in [-0.3, -0.25) is 0 Å². The zero-order valence-corrected chi connectivity index (χ0v) is 12.0. The Morgan fingerprint density at radius 3 is 2.78 bits per heavy atom. The molecule has 0 radical (unpaired) electrons. The van der Waals surface area contributed by atoms with E-state index >= 15 is 0 Å². The molecule has 1 saturated heterocycles. The summed E-state index contributed by atoms with van der Waals surface area (Å²) >= 11 is 0. The molecule has 2 aromatic rings. The van der Waals surface area contributed by atoms with Crippen LogP contribution < -0.4 is 5.32 Å². The van der Waals surface area contributed by atoms with Crippen molar-refractivity contribution in [2.45, 2.75) is 32.2 Å². The lowest BCUT2D eigenvalue weighted by atomic mass is 10.0. The van der Waals surface area contributed by atoms with E-state index in [4.69, 9.17) is 0 Å². The van der Waals surface area contributed by atoms with Crippen LogP contribution in [-0.4, -0.2) is 16.5 Å². The summed E-state index contributed by atoms with van der Waals surface area (Å²) < 4.78 is 0. The smallest absolute Gasteiger partial charge is 0.137 e. The van der Waals surface area contributed by atoms with Gasteiger partial charge in [-0.1, -0.05) is 6.42 Å². The predicted molar refractivity (Wildman–Crippen MR) is 79.9 cm³/mol. The molecule has 3 nitrogen and oxygen atoms in total. The van der Waals surface area contributed by atoms with Gasteiger partial charge in [-0.05, 0) is 44.0 Å². The topological polar surface area (TPSA) is 40.7 Å². The minimum absolute atomic E-state index is 0. The molecule has 1 aliphatic heterocycles. The van der Waals surface area contributed by atoms with Crippen LogP contribution in [0.2, 0.25) is 0 Å². The SMILES string of the molecule is Cc1cnc2[nH]c(C3CCCCN3)cc2c1.Cl.Cl. The number of halogens is 2. The Morgan fingerprint density at radius 2 is 2.06 bits per heavy atom. The zero-order valence-electron chi connectivity index (χ0n) is 10.4. The molecule has 2 aromatic heterocycles. The van der Waals surface area contributed by atoms with Crippen LogP contribution in [0.3, 0.4) is 0 Å². The van der Waals surface area contributed by atoms with Crippen LogP contribution in [0, 0.1) is 6.92 Å². The average molecular weight is 288 g/mol. The van der Waals surface area contributed by atoms with Crippen molar-refractivity contribution in [2.24, 2.45) is 0 Å². The maximum absolute atomic E-state index is 4.41. The normalized spacial score (nSPS) is 19.1. The van der Waals surface area contributed by atoms with E-state index in [2.05, 4.69) is 34.3 Å². The fourth-order valence-electron chi connectivity index (χ4n) is 2.45. The van der Waals surface area contributed by atoms with Crippen molar-refractivity contribution in [3.05, 3.63) is 29.6 Å². The largest absolute Gasteiger partial charge is 0.342 e. The van der Waals surface area contributed by atoms with Crippen LogP contribution in [0.5, 0.6) is 0 Å². The van der Waals surface area contributed by atoms with E-state index in [-0.39, 0.29) is 24.8 Å². The van der Waals surface area contributed by atoms with E-state index in [1.807, 2.05) is 6.20 Å². The van der Waals surface area contributed by atoms with Crippen LogP contribution in [0.1, 0.15) is 36.6 Å². The number of hydrogen-bond acceptors (Lipinski definition) is 2. The average Bonchev–Trinajstić information content (AvgIpc) is 2.73. The van der Waals surface area contributed by atoms with Gasteiger partial charge >= 0.3 is 0 Å². The Labute approximate surface area is 120 Å². The number of nitrogens with one attached hydrogen (secondary N) is 2. The third-order valence-corrected chi connectivity index (χ3v) is 3.31. The molecule has 5 heteroatoms. The minimum atomic E-state index is 0. The van der Waals surface area contributed by atoms with E-state index in [0.29, 0.717) is 6.04 Å². The van der Waals surface area contributed by atoms with E-state index in [0.717, 1.165) is 12.2 Å². The molecule has 0 spiro atoms. The van der Waals surface area contributed by atoms with Gasteiger partial charge in [0.1, 0.15) is 5.65 Å². The Hall–Kier alpha value is -0.770. The second-order valence-corrected chi connectivity index (χ2v) is 4.68. The standard InChI is InChI=1S/C13H17N3.2ClH/c1-9-6-10-7-12(16-13(10)15-8-9)11-4-2-3-5-14-11;;/h6-8,11,14H,2-5H2,1H3,(H,15,16);2*1H. The van der Waals surface area contributed by atoms with Crippen molar-refractivity contribution in [3.63, 3.8) is 0 Å². The fraction of sp³-hybridized carbons (Fsp3) is 0.462. The molecule has 0 bridgehead atoms. The van der Waals surface area contributed by atoms with Gasteiger partial charge in [0.2, 0.25) is 0 Å². The quantitative estimate of drug-likeness (QED) is 0.842. The molecule has 1 atom stereocenters. The lowest BCUT2D eigenvalue weighted by Crippen LogP contribution is -2.26. The van der Waals surface area contributed by atoms with Crippen molar-refractivity contribution in [3.8, 4) is 0 Å². The van der Waals surface area contributed by atoms with E-state index < -0.39 is 0 Å². The Kier molecular flexibility index (Phi) is 5.45. The molecule has 0 aromatic carbocycles.